The van der Waals surface area contributed by atoms with Gasteiger partial charge in [0.25, 0.3) is 5.91 Å². The van der Waals surface area contributed by atoms with Crippen LogP contribution in [-0.2, 0) is 9.53 Å². The summed E-state index contributed by atoms with van der Waals surface area (Å²) in [4.78, 5) is 26.3. The lowest BCUT2D eigenvalue weighted by molar-refractivity contribution is -0.149. The molecule has 21 heavy (non-hydrogen) atoms. The number of hydrogen-bond donors (Lipinski definition) is 0. The minimum atomic E-state index is -0.203. The second-order valence-electron chi connectivity index (χ2n) is 5.33. The lowest BCUT2D eigenvalue weighted by Crippen LogP contribution is -2.43. The van der Waals surface area contributed by atoms with E-state index in [1.165, 1.54) is 0 Å². The number of halogens is 1. The number of rotatable bonds is 3. The Hall–Kier alpha value is -1.36. The molecule has 1 aromatic carbocycles. The van der Waals surface area contributed by atoms with Crippen LogP contribution in [-0.4, -0.2) is 36.5 Å². The minimum absolute atomic E-state index is 0.0282. The summed E-state index contributed by atoms with van der Waals surface area (Å²) in [5.74, 6) is -0.427. The van der Waals surface area contributed by atoms with Gasteiger partial charge in [-0.3, -0.25) is 9.59 Å². The smallest absolute Gasteiger partial charge is 0.310 e. The Kier molecular flexibility index (Phi) is 5.39. The highest BCUT2D eigenvalue weighted by Gasteiger charge is 2.30. The number of ether oxygens (including phenoxy) is 1. The molecule has 5 heteroatoms. The van der Waals surface area contributed by atoms with Crippen LogP contribution in [0.5, 0.6) is 0 Å². The Morgan fingerprint density at radius 1 is 1.43 bits per heavy atom. The van der Waals surface area contributed by atoms with Gasteiger partial charge in [0.15, 0.2) is 0 Å². The first-order chi connectivity index (χ1) is 10.0. The van der Waals surface area contributed by atoms with Gasteiger partial charge in [-0.15, -0.1) is 0 Å². The highest BCUT2D eigenvalue weighted by molar-refractivity contribution is 9.10. The van der Waals surface area contributed by atoms with E-state index in [1.54, 1.807) is 11.8 Å². The van der Waals surface area contributed by atoms with Crippen LogP contribution in [0.1, 0.15) is 35.7 Å². The molecule has 1 heterocycles. The largest absolute Gasteiger partial charge is 0.466 e. The highest BCUT2D eigenvalue weighted by atomic mass is 79.9. The quantitative estimate of drug-likeness (QED) is 0.784. The van der Waals surface area contributed by atoms with E-state index in [0.29, 0.717) is 25.3 Å². The molecule has 1 fully saturated rings. The third-order valence-electron chi connectivity index (χ3n) is 3.68. The first-order valence-electron chi connectivity index (χ1n) is 7.25. The number of carbonyl (C=O) groups excluding carboxylic acids is 2. The predicted molar refractivity (Wildman–Crippen MR) is 84.1 cm³/mol. The molecule has 1 aliphatic heterocycles. The summed E-state index contributed by atoms with van der Waals surface area (Å²) in [7, 11) is 0. The van der Waals surface area contributed by atoms with Crippen molar-refractivity contribution in [3.05, 3.63) is 33.8 Å². The first kappa shape index (κ1) is 16.0. The molecule has 1 aliphatic rings. The molecule has 0 radical (unpaired) electrons. The molecular weight excluding hydrogens is 334 g/mol. The second kappa shape index (κ2) is 7.07. The van der Waals surface area contributed by atoms with Crippen molar-refractivity contribution in [3.8, 4) is 0 Å². The predicted octanol–water partition coefficient (Wildman–Crippen LogP) is 3.17. The maximum atomic E-state index is 12.6. The zero-order chi connectivity index (χ0) is 15.4. The molecule has 1 saturated heterocycles. The van der Waals surface area contributed by atoms with Crippen LogP contribution in [0.15, 0.2) is 22.7 Å². The van der Waals surface area contributed by atoms with Gasteiger partial charge in [0, 0.05) is 17.6 Å². The van der Waals surface area contributed by atoms with Crippen LogP contribution < -0.4 is 0 Å². The van der Waals surface area contributed by atoms with Gasteiger partial charge in [0.1, 0.15) is 0 Å². The van der Waals surface area contributed by atoms with Gasteiger partial charge in [0.05, 0.1) is 18.1 Å². The summed E-state index contributed by atoms with van der Waals surface area (Å²) in [5.41, 5.74) is 1.69. The lowest BCUT2D eigenvalue weighted by Gasteiger charge is -2.31. The Balaban J connectivity index is 2.12. The second-order valence-corrected chi connectivity index (χ2v) is 6.18. The molecule has 114 valence electrons. The Morgan fingerprint density at radius 3 is 2.90 bits per heavy atom. The van der Waals surface area contributed by atoms with Crippen molar-refractivity contribution in [2.75, 3.05) is 19.7 Å². The fraction of sp³-hybridized carbons (Fsp3) is 0.500. The Bertz CT molecular complexity index is 544. The topological polar surface area (TPSA) is 46.6 Å². The number of aryl methyl sites for hydroxylation is 1. The Labute approximate surface area is 133 Å². The van der Waals surface area contributed by atoms with E-state index in [2.05, 4.69) is 15.9 Å². The van der Waals surface area contributed by atoms with Crippen molar-refractivity contribution in [3.63, 3.8) is 0 Å². The molecule has 0 N–H and O–H groups in total. The van der Waals surface area contributed by atoms with E-state index in [1.807, 2.05) is 25.1 Å². The fourth-order valence-electron chi connectivity index (χ4n) is 2.59. The zero-order valence-corrected chi connectivity index (χ0v) is 14.0. The third-order valence-corrected chi connectivity index (χ3v) is 4.37. The molecule has 0 unspecified atom stereocenters. The van der Waals surface area contributed by atoms with Crippen molar-refractivity contribution < 1.29 is 14.3 Å². The van der Waals surface area contributed by atoms with Crippen molar-refractivity contribution in [1.29, 1.82) is 0 Å². The number of esters is 1. The van der Waals surface area contributed by atoms with E-state index in [0.717, 1.165) is 22.9 Å². The zero-order valence-electron chi connectivity index (χ0n) is 12.4. The molecule has 1 aromatic rings. The van der Waals surface area contributed by atoms with Gasteiger partial charge in [0.2, 0.25) is 0 Å². The molecule has 1 atom stereocenters. The number of hydrogen-bond acceptors (Lipinski definition) is 3. The van der Waals surface area contributed by atoms with Crippen LogP contribution in [0.25, 0.3) is 0 Å². The van der Waals surface area contributed by atoms with Crippen molar-refractivity contribution in [1.82, 2.24) is 4.90 Å². The van der Waals surface area contributed by atoms with E-state index in [4.69, 9.17) is 4.74 Å². The number of carbonyl (C=O) groups is 2. The standard InChI is InChI=1S/C16H20BrNO3/c1-3-21-16(20)12-5-4-8-18(10-12)15(19)13-9-11(2)6-7-14(13)17/h6-7,9,12H,3-5,8,10H2,1-2H3/t12-/m0/s1. The molecule has 0 spiro atoms. The number of benzene rings is 1. The van der Waals surface area contributed by atoms with Crippen LogP contribution >= 0.6 is 15.9 Å². The monoisotopic (exact) mass is 353 g/mol. The molecular formula is C16H20BrNO3. The van der Waals surface area contributed by atoms with Gasteiger partial charge in [-0.05, 0) is 54.8 Å². The SMILES string of the molecule is CCOC(=O)[C@H]1CCCN(C(=O)c2cc(C)ccc2Br)C1. The van der Waals surface area contributed by atoms with Gasteiger partial charge in [-0.25, -0.2) is 0 Å². The number of nitrogens with zero attached hydrogens (tertiary/aromatic N) is 1. The highest BCUT2D eigenvalue weighted by Crippen LogP contribution is 2.24. The first-order valence-corrected chi connectivity index (χ1v) is 8.04. The Morgan fingerprint density at radius 2 is 2.19 bits per heavy atom. The molecule has 0 aliphatic carbocycles. The average molecular weight is 354 g/mol. The van der Waals surface area contributed by atoms with Gasteiger partial charge in [-0.2, -0.15) is 0 Å². The molecule has 1 amide bonds. The third kappa shape index (κ3) is 3.84. The van der Waals surface area contributed by atoms with Crippen molar-refractivity contribution >= 4 is 27.8 Å². The molecule has 0 aromatic heterocycles. The number of amides is 1. The van der Waals surface area contributed by atoms with E-state index < -0.39 is 0 Å². The summed E-state index contributed by atoms with van der Waals surface area (Å²) in [5, 5.41) is 0. The summed E-state index contributed by atoms with van der Waals surface area (Å²) in [6.07, 6.45) is 1.62. The van der Waals surface area contributed by atoms with Crippen molar-refractivity contribution in [2.45, 2.75) is 26.7 Å². The van der Waals surface area contributed by atoms with Crippen LogP contribution in [0.3, 0.4) is 0 Å². The molecule has 0 bridgehead atoms. The molecule has 2 rings (SSSR count). The maximum absolute atomic E-state index is 12.6. The van der Waals surface area contributed by atoms with E-state index in [9.17, 15) is 9.59 Å². The maximum Gasteiger partial charge on any atom is 0.310 e. The van der Waals surface area contributed by atoms with Crippen LogP contribution in [0.4, 0.5) is 0 Å². The summed E-state index contributed by atoms with van der Waals surface area (Å²) in [6.45, 7) is 5.27. The minimum Gasteiger partial charge on any atom is -0.466 e. The average Bonchev–Trinajstić information content (AvgIpc) is 2.49. The summed E-state index contributed by atoms with van der Waals surface area (Å²) < 4.78 is 5.86. The number of likely N-dealkylation sites (tertiary alicyclic amines) is 1. The molecule has 4 nitrogen and oxygen atoms in total. The van der Waals surface area contributed by atoms with Gasteiger partial charge in [-0.1, -0.05) is 11.6 Å². The van der Waals surface area contributed by atoms with E-state index in [-0.39, 0.29) is 17.8 Å². The summed E-state index contributed by atoms with van der Waals surface area (Å²) in [6, 6.07) is 5.72. The normalized spacial score (nSPS) is 18.4. The fourth-order valence-corrected chi connectivity index (χ4v) is 3.00. The van der Waals surface area contributed by atoms with Crippen LogP contribution in [0.2, 0.25) is 0 Å². The van der Waals surface area contributed by atoms with Gasteiger partial charge >= 0.3 is 5.97 Å². The molecule has 0 saturated carbocycles. The van der Waals surface area contributed by atoms with Crippen LogP contribution in [0, 0.1) is 12.8 Å². The number of piperidine rings is 1. The lowest BCUT2D eigenvalue weighted by atomic mass is 9.97. The van der Waals surface area contributed by atoms with Gasteiger partial charge < -0.3 is 9.64 Å². The summed E-state index contributed by atoms with van der Waals surface area (Å²) >= 11 is 3.43. The van der Waals surface area contributed by atoms with E-state index >= 15 is 0 Å². The van der Waals surface area contributed by atoms with Crippen molar-refractivity contribution in [2.24, 2.45) is 5.92 Å².